The number of β-amino-alcohol motifs (C(OH)–C–C–N with tert-alkyl or cyclic N) is 1. The van der Waals surface area contributed by atoms with Crippen LogP contribution in [-0.4, -0.2) is 84.7 Å². The molecule has 1 N–H and O–H groups in total. The van der Waals surface area contributed by atoms with Crippen molar-refractivity contribution >= 4 is 5.91 Å². The van der Waals surface area contributed by atoms with Crippen LogP contribution in [0.4, 0.5) is 0 Å². The van der Waals surface area contributed by atoms with E-state index in [1.54, 1.807) is 0 Å². The molecule has 0 spiro atoms. The summed E-state index contributed by atoms with van der Waals surface area (Å²) in [7, 11) is 2.09. The molecule has 2 rings (SSSR count). The molecule has 2 saturated heterocycles. The standard InChI is InChI=1S/C12H23N3O2/c1-13-5-7-15(8-6-13)12(17)11-3-2-4-14(11)9-10-16/h11,16H,2-10H2,1H3. The predicted molar refractivity (Wildman–Crippen MR) is 65.8 cm³/mol. The third-order valence-electron chi connectivity index (χ3n) is 3.85. The number of carbonyl (C=O) groups is 1. The first-order valence-corrected chi connectivity index (χ1v) is 6.54. The third kappa shape index (κ3) is 2.97. The molecule has 98 valence electrons. The summed E-state index contributed by atoms with van der Waals surface area (Å²) in [5.74, 6) is 0.268. The van der Waals surface area contributed by atoms with E-state index in [2.05, 4.69) is 16.8 Å². The molecule has 0 aromatic carbocycles. The Balaban J connectivity index is 1.90. The number of aliphatic hydroxyl groups excluding tert-OH is 1. The Morgan fingerprint density at radius 3 is 2.59 bits per heavy atom. The van der Waals surface area contributed by atoms with Gasteiger partial charge in [-0.1, -0.05) is 0 Å². The van der Waals surface area contributed by atoms with E-state index < -0.39 is 0 Å². The highest BCUT2D eigenvalue weighted by Crippen LogP contribution is 2.19. The van der Waals surface area contributed by atoms with Crippen molar-refractivity contribution < 1.29 is 9.90 Å². The predicted octanol–water partition coefficient (Wildman–Crippen LogP) is -0.783. The smallest absolute Gasteiger partial charge is 0.240 e. The van der Waals surface area contributed by atoms with Crippen LogP contribution in [-0.2, 0) is 4.79 Å². The van der Waals surface area contributed by atoms with Gasteiger partial charge in [-0.3, -0.25) is 9.69 Å². The molecule has 2 fully saturated rings. The summed E-state index contributed by atoms with van der Waals surface area (Å²) in [6.45, 7) is 5.36. The molecule has 0 radical (unpaired) electrons. The van der Waals surface area contributed by atoms with Gasteiger partial charge < -0.3 is 14.9 Å². The van der Waals surface area contributed by atoms with Crippen LogP contribution in [0.3, 0.4) is 0 Å². The van der Waals surface area contributed by atoms with Crippen molar-refractivity contribution in [2.75, 3.05) is 52.9 Å². The van der Waals surface area contributed by atoms with Crippen molar-refractivity contribution in [2.45, 2.75) is 18.9 Å². The largest absolute Gasteiger partial charge is 0.395 e. The first kappa shape index (κ1) is 12.8. The molecule has 0 aromatic rings. The maximum atomic E-state index is 12.4. The lowest BCUT2D eigenvalue weighted by Crippen LogP contribution is -2.53. The molecule has 1 unspecified atom stereocenters. The van der Waals surface area contributed by atoms with Crippen LogP contribution in [0.1, 0.15) is 12.8 Å². The fourth-order valence-electron chi connectivity index (χ4n) is 2.74. The van der Waals surface area contributed by atoms with Crippen molar-refractivity contribution in [3.63, 3.8) is 0 Å². The molecule has 0 aromatic heterocycles. The Hall–Kier alpha value is -0.650. The topological polar surface area (TPSA) is 47.0 Å². The molecular weight excluding hydrogens is 218 g/mol. The molecule has 5 nitrogen and oxygen atoms in total. The van der Waals surface area contributed by atoms with E-state index in [9.17, 15) is 4.79 Å². The van der Waals surface area contributed by atoms with E-state index in [0.29, 0.717) is 6.54 Å². The Morgan fingerprint density at radius 1 is 1.24 bits per heavy atom. The average Bonchev–Trinajstić information content (AvgIpc) is 2.78. The molecule has 0 aliphatic carbocycles. The molecule has 0 saturated carbocycles. The lowest BCUT2D eigenvalue weighted by molar-refractivity contribution is -0.137. The van der Waals surface area contributed by atoms with Gasteiger partial charge >= 0.3 is 0 Å². The zero-order valence-corrected chi connectivity index (χ0v) is 10.6. The third-order valence-corrected chi connectivity index (χ3v) is 3.85. The minimum atomic E-state index is 0.0190. The first-order valence-electron chi connectivity index (χ1n) is 6.54. The maximum absolute atomic E-state index is 12.4. The van der Waals surface area contributed by atoms with Gasteiger partial charge in [-0.25, -0.2) is 0 Å². The number of likely N-dealkylation sites (N-methyl/N-ethyl adjacent to an activating group) is 1. The molecule has 2 aliphatic rings. The van der Waals surface area contributed by atoms with Crippen molar-refractivity contribution in [1.29, 1.82) is 0 Å². The quantitative estimate of drug-likeness (QED) is 0.704. The maximum Gasteiger partial charge on any atom is 0.240 e. The summed E-state index contributed by atoms with van der Waals surface area (Å²) >= 11 is 0. The average molecular weight is 241 g/mol. The van der Waals surface area contributed by atoms with Gasteiger partial charge in [0.1, 0.15) is 0 Å². The summed E-state index contributed by atoms with van der Waals surface area (Å²) in [6.07, 6.45) is 2.02. The SMILES string of the molecule is CN1CCN(C(=O)C2CCCN2CCO)CC1. The van der Waals surface area contributed by atoms with Gasteiger partial charge in [-0.15, -0.1) is 0 Å². The molecule has 1 amide bonds. The fourth-order valence-corrected chi connectivity index (χ4v) is 2.74. The lowest BCUT2D eigenvalue weighted by atomic mass is 10.1. The normalized spacial score (nSPS) is 27.6. The second-order valence-electron chi connectivity index (χ2n) is 5.05. The zero-order valence-electron chi connectivity index (χ0n) is 10.6. The van der Waals surface area contributed by atoms with Crippen molar-refractivity contribution in [3.05, 3.63) is 0 Å². The van der Waals surface area contributed by atoms with Crippen LogP contribution < -0.4 is 0 Å². The molecule has 2 heterocycles. The van der Waals surface area contributed by atoms with E-state index in [-0.39, 0.29) is 18.6 Å². The Bertz CT molecular complexity index is 264. The number of likely N-dealkylation sites (tertiary alicyclic amines) is 1. The highest BCUT2D eigenvalue weighted by atomic mass is 16.3. The molecule has 0 bridgehead atoms. The number of nitrogens with zero attached hydrogens (tertiary/aromatic N) is 3. The Labute approximate surface area is 103 Å². The van der Waals surface area contributed by atoms with Crippen LogP contribution >= 0.6 is 0 Å². The van der Waals surface area contributed by atoms with Crippen molar-refractivity contribution in [2.24, 2.45) is 0 Å². The number of amides is 1. The van der Waals surface area contributed by atoms with Gasteiger partial charge in [0.25, 0.3) is 0 Å². The van der Waals surface area contributed by atoms with Crippen LogP contribution in [0, 0.1) is 0 Å². The van der Waals surface area contributed by atoms with Gasteiger partial charge in [-0.2, -0.15) is 0 Å². The molecule has 2 aliphatic heterocycles. The second-order valence-corrected chi connectivity index (χ2v) is 5.05. The fraction of sp³-hybridized carbons (Fsp3) is 0.917. The number of piperazine rings is 1. The van der Waals surface area contributed by atoms with Gasteiger partial charge in [0.2, 0.25) is 5.91 Å². The van der Waals surface area contributed by atoms with E-state index >= 15 is 0 Å². The molecular formula is C12H23N3O2. The van der Waals surface area contributed by atoms with Gasteiger partial charge in [0, 0.05) is 32.7 Å². The summed E-state index contributed by atoms with van der Waals surface area (Å²) in [5, 5.41) is 9.00. The second kappa shape index (κ2) is 5.80. The first-order chi connectivity index (χ1) is 8.22. The van der Waals surface area contributed by atoms with Crippen molar-refractivity contribution in [3.8, 4) is 0 Å². The van der Waals surface area contributed by atoms with Crippen LogP contribution in [0.25, 0.3) is 0 Å². The summed E-state index contributed by atoms with van der Waals surface area (Å²) in [5.41, 5.74) is 0. The van der Waals surface area contributed by atoms with Crippen LogP contribution in [0.5, 0.6) is 0 Å². The number of rotatable bonds is 3. The number of carbonyl (C=O) groups excluding carboxylic acids is 1. The van der Waals surface area contributed by atoms with E-state index in [1.165, 1.54) is 0 Å². The molecule has 17 heavy (non-hydrogen) atoms. The van der Waals surface area contributed by atoms with Crippen LogP contribution in [0.2, 0.25) is 0 Å². The monoisotopic (exact) mass is 241 g/mol. The van der Waals surface area contributed by atoms with Gasteiger partial charge in [0.05, 0.1) is 12.6 Å². The van der Waals surface area contributed by atoms with E-state index in [0.717, 1.165) is 45.6 Å². The highest BCUT2D eigenvalue weighted by Gasteiger charge is 2.33. The summed E-state index contributed by atoms with van der Waals surface area (Å²) in [6, 6.07) is 0.0190. The van der Waals surface area contributed by atoms with Crippen LogP contribution in [0.15, 0.2) is 0 Å². The number of aliphatic hydroxyl groups is 1. The lowest BCUT2D eigenvalue weighted by Gasteiger charge is -2.35. The number of hydrogen-bond donors (Lipinski definition) is 1. The minimum absolute atomic E-state index is 0.0190. The number of hydrogen-bond acceptors (Lipinski definition) is 4. The van der Waals surface area contributed by atoms with Crippen molar-refractivity contribution in [1.82, 2.24) is 14.7 Å². The van der Waals surface area contributed by atoms with Gasteiger partial charge in [-0.05, 0) is 26.4 Å². The Kier molecular flexibility index (Phi) is 4.36. The van der Waals surface area contributed by atoms with E-state index in [1.807, 2.05) is 4.90 Å². The highest BCUT2D eigenvalue weighted by molar-refractivity contribution is 5.82. The Morgan fingerprint density at radius 2 is 1.94 bits per heavy atom. The molecule has 1 atom stereocenters. The molecule has 5 heteroatoms. The summed E-state index contributed by atoms with van der Waals surface area (Å²) in [4.78, 5) is 18.7. The van der Waals surface area contributed by atoms with Gasteiger partial charge in [0.15, 0.2) is 0 Å². The van der Waals surface area contributed by atoms with E-state index in [4.69, 9.17) is 5.11 Å². The zero-order chi connectivity index (χ0) is 12.3. The minimum Gasteiger partial charge on any atom is -0.395 e. The summed E-state index contributed by atoms with van der Waals surface area (Å²) < 4.78 is 0.